The molecule has 0 spiro atoms. The second kappa shape index (κ2) is 11.8. The molecule has 1 aromatic heterocycles. The first-order valence-corrected chi connectivity index (χ1v) is 12.3. The van der Waals surface area contributed by atoms with Gasteiger partial charge in [-0.1, -0.05) is 42.5 Å². The lowest BCUT2D eigenvalue weighted by Crippen LogP contribution is -2.27. The van der Waals surface area contributed by atoms with Crippen LogP contribution in [0.2, 0.25) is 0 Å². The fourth-order valence-electron chi connectivity index (χ4n) is 4.45. The first-order chi connectivity index (χ1) is 17.7. The van der Waals surface area contributed by atoms with Crippen molar-refractivity contribution in [1.82, 2.24) is 9.88 Å². The van der Waals surface area contributed by atoms with E-state index in [-0.39, 0.29) is 5.82 Å². The number of rotatable bonds is 4. The van der Waals surface area contributed by atoms with Gasteiger partial charge in [-0.05, 0) is 59.2 Å². The molecule has 3 aromatic carbocycles. The molecule has 0 amide bonds. The SMILES string of the molecule is Fc1cccc(CN2CCOCCOc3ccc(Nc4ccccn4)cc3Cc3cccc(c3)C2)c1. The molecule has 4 aromatic rings. The number of pyridine rings is 1. The predicted molar refractivity (Wildman–Crippen MR) is 140 cm³/mol. The molecule has 0 aliphatic carbocycles. The summed E-state index contributed by atoms with van der Waals surface area (Å²) in [5.74, 6) is 1.45. The molecule has 1 aliphatic rings. The van der Waals surface area contributed by atoms with E-state index in [9.17, 15) is 4.39 Å². The van der Waals surface area contributed by atoms with Gasteiger partial charge in [-0.3, -0.25) is 4.90 Å². The monoisotopic (exact) mass is 483 g/mol. The van der Waals surface area contributed by atoms with E-state index in [1.54, 1.807) is 18.3 Å². The summed E-state index contributed by atoms with van der Waals surface area (Å²) >= 11 is 0. The molecule has 2 heterocycles. The molecule has 1 aliphatic heterocycles. The van der Waals surface area contributed by atoms with Gasteiger partial charge in [0.2, 0.25) is 0 Å². The van der Waals surface area contributed by atoms with Gasteiger partial charge >= 0.3 is 0 Å². The van der Waals surface area contributed by atoms with Gasteiger partial charge in [0.25, 0.3) is 0 Å². The highest BCUT2D eigenvalue weighted by atomic mass is 19.1. The minimum atomic E-state index is -0.208. The number of aromatic nitrogens is 1. The third kappa shape index (κ3) is 6.68. The van der Waals surface area contributed by atoms with E-state index in [1.165, 1.54) is 17.2 Å². The zero-order chi connectivity index (χ0) is 24.6. The van der Waals surface area contributed by atoms with Gasteiger partial charge in [-0.25, -0.2) is 9.37 Å². The molecule has 5 nitrogen and oxygen atoms in total. The minimum Gasteiger partial charge on any atom is -0.491 e. The second-order valence-corrected chi connectivity index (χ2v) is 8.96. The second-order valence-electron chi connectivity index (χ2n) is 8.96. The maximum absolute atomic E-state index is 13.7. The summed E-state index contributed by atoms with van der Waals surface area (Å²) in [5, 5.41) is 3.37. The lowest BCUT2D eigenvalue weighted by molar-refractivity contribution is 0.0757. The molecule has 0 radical (unpaired) electrons. The fraction of sp³-hybridized carbons (Fsp3) is 0.233. The first-order valence-electron chi connectivity index (χ1n) is 12.3. The number of anilines is 2. The highest BCUT2D eigenvalue weighted by Gasteiger charge is 2.12. The highest BCUT2D eigenvalue weighted by Crippen LogP contribution is 2.28. The van der Waals surface area contributed by atoms with Crippen LogP contribution in [-0.2, 0) is 24.2 Å². The molecule has 5 rings (SSSR count). The van der Waals surface area contributed by atoms with Gasteiger partial charge in [0.15, 0.2) is 0 Å². The molecule has 36 heavy (non-hydrogen) atoms. The summed E-state index contributed by atoms with van der Waals surface area (Å²) < 4.78 is 25.8. The van der Waals surface area contributed by atoms with Crippen LogP contribution < -0.4 is 10.1 Å². The van der Waals surface area contributed by atoms with Crippen LogP contribution in [0.15, 0.2) is 91.1 Å². The highest BCUT2D eigenvalue weighted by molar-refractivity contribution is 5.59. The average Bonchev–Trinajstić information content (AvgIpc) is 2.87. The largest absolute Gasteiger partial charge is 0.491 e. The Hall–Kier alpha value is -3.74. The maximum atomic E-state index is 13.7. The molecule has 0 saturated carbocycles. The van der Waals surface area contributed by atoms with Crippen LogP contribution in [0.25, 0.3) is 0 Å². The zero-order valence-corrected chi connectivity index (χ0v) is 20.2. The Morgan fingerprint density at radius 2 is 1.78 bits per heavy atom. The number of benzene rings is 3. The molecule has 1 N–H and O–H groups in total. The van der Waals surface area contributed by atoms with Crippen molar-refractivity contribution in [2.75, 3.05) is 31.7 Å². The molecule has 2 bridgehead atoms. The smallest absolute Gasteiger partial charge is 0.130 e. The van der Waals surface area contributed by atoms with Crippen LogP contribution in [-0.4, -0.2) is 36.2 Å². The predicted octanol–water partition coefficient (Wildman–Crippen LogP) is 5.97. The standard InChI is InChI=1S/C30H30FN3O2/c31-27-8-4-7-25(19-27)22-34-13-14-35-15-16-36-29-11-10-28(33-30-9-1-2-12-32-30)20-26(29)18-23-5-3-6-24(17-23)21-34/h1-12,17,19-20H,13-16,18,21-22H2,(H,32,33). The molecular formula is C30H30FN3O2. The van der Waals surface area contributed by atoms with Gasteiger partial charge in [0, 0.05) is 43.5 Å². The van der Waals surface area contributed by atoms with Crippen LogP contribution in [0, 0.1) is 5.82 Å². The Morgan fingerprint density at radius 1 is 0.861 bits per heavy atom. The van der Waals surface area contributed by atoms with Gasteiger partial charge in [0.1, 0.15) is 24.0 Å². The summed E-state index contributed by atoms with van der Waals surface area (Å²) in [6.07, 6.45) is 2.51. The molecule has 0 fully saturated rings. The van der Waals surface area contributed by atoms with Crippen molar-refractivity contribution < 1.29 is 13.9 Å². The van der Waals surface area contributed by atoms with Crippen molar-refractivity contribution in [2.45, 2.75) is 19.5 Å². The number of halogens is 1. The molecule has 184 valence electrons. The Balaban J connectivity index is 1.38. The summed E-state index contributed by atoms with van der Waals surface area (Å²) in [6, 6.07) is 27.4. The normalized spacial score (nSPS) is 14.8. The van der Waals surface area contributed by atoms with Gasteiger partial charge in [-0.15, -0.1) is 0 Å². The maximum Gasteiger partial charge on any atom is 0.130 e. The molecule has 0 saturated heterocycles. The van der Waals surface area contributed by atoms with Gasteiger partial charge in [-0.2, -0.15) is 0 Å². The number of fused-ring (bicyclic) bond motifs is 3. The lowest BCUT2D eigenvalue weighted by Gasteiger charge is -2.23. The third-order valence-electron chi connectivity index (χ3n) is 6.12. The third-order valence-corrected chi connectivity index (χ3v) is 6.12. The average molecular weight is 484 g/mol. The van der Waals surface area contributed by atoms with Crippen molar-refractivity contribution in [1.29, 1.82) is 0 Å². The van der Waals surface area contributed by atoms with E-state index >= 15 is 0 Å². The lowest BCUT2D eigenvalue weighted by atomic mass is 10.0. The number of nitrogens with one attached hydrogen (secondary N) is 1. The summed E-state index contributed by atoms with van der Waals surface area (Å²) in [5.41, 5.74) is 5.45. The number of hydrogen-bond acceptors (Lipinski definition) is 5. The van der Waals surface area contributed by atoms with Crippen LogP contribution in [0.3, 0.4) is 0 Å². The zero-order valence-electron chi connectivity index (χ0n) is 20.2. The Bertz CT molecular complexity index is 1280. The van der Waals surface area contributed by atoms with E-state index in [0.717, 1.165) is 47.9 Å². The van der Waals surface area contributed by atoms with E-state index in [2.05, 4.69) is 45.5 Å². The Kier molecular flexibility index (Phi) is 7.86. The van der Waals surface area contributed by atoms with E-state index in [0.29, 0.717) is 26.4 Å². The van der Waals surface area contributed by atoms with Crippen molar-refractivity contribution in [3.8, 4) is 5.75 Å². The van der Waals surface area contributed by atoms with Crippen LogP contribution in [0.5, 0.6) is 5.75 Å². The Morgan fingerprint density at radius 3 is 2.67 bits per heavy atom. The van der Waals surface area contributed by atoms with Crippen molar-refractivity contribution in [3.63, 3.8) is 0 Å². The van der Waals surface area contributed by atoms with Crippen LogP contribution >= 0.6 is 0 Å². The number of nitrogens with zero attached hydrogens (tertiary/aromatic N) is 2. The summed E-state index contributed by atoms with van der Waals surface area (Å²) in [7, 11) is 0. The van der Waals surface area contributed by atoms with Crippen LogP contribution in [0.4, 0.5) is 15.9 Å². The van der Waals surface area contributed by atoms with Gasteiger partial charge in [0.05, 0.1) is 13.2 Å². The first kappa shape index (κ1) is 24.0. The van der Waals surface area contributed by atoms with Crippen molar-refractivity contribution in [3.05, 3.63) is 119 Å². The van der Waals surface area contributed by atoms with Crippen molar-refractivity contribution >= 4 is 11.5 Å². The Labute approximate surface area is 211 Å². The van der Waals surface area contributed by atoms with E-state index < -0.39 is 0 Å². The van der Waals surface area contributed by atoms with Crippen LogP contribution in [0.1, 0.15) is 22.3 Å². The molecular weight excluding hydrogens is 453 g/mol. The minimum absolute atomic E-state index is 0.208. The van der Waals surface area contributed by atoms with E-state index in [1.807, 2.05) is 36.4 Å². The van der Waals surface area contributed by atoms with Crippen molar-refractivity contribution in [2.24, 2.45) is 0 Å². The quantitative estimate of drug-likeness (QED) is 0.388. The summed E-state index contributed by atoms with van der Waals surface area (Å²) in [4.78, 5) is 6.66. The number of hydrogen-bond donors (Lipinski definition) is 1. The molecule has 0 unspecified atom stereocenters. The summed E-state index contributed by atoms with van der Waals surface area (Å²) in [6.45, 7) is 3.74. The fourth-order valence-corrected chi connectivity index (χ4v) is 4.45. The number of ether oxygens (including phenoxy) is 2. The van der Waals surface area contributed by atoms with Gasteiger partial charge < -0.3 is 14.8 Å². The molecule has 0 atom stereocenters. The van der Waals surface area contributed by atoms with E-state index in [4.69, 9.17) is 9.47 Å². The topological polar surface area (TPSA) is 46.6 Å². The molecule has 6 heteroatoms.